The highest BCUT2D eigenvalue weighted by atomic mass is 16.5. The van der Waals surface area contributed by atoms with Crippen molar-refractivity contribution in [2.24, 2.45) is 5.10 Å². The van der Waals surface area contributed by atoms with Gasteiger partial charge in [0, 0.05) is 5.56 Å². The van der Waals surface area contributed by atoms with E-state index in [1.165, 1.54) is 13.3 Å². The summed E-state index contributed by atoms with van der Waals surface area (Å²) in [6, 6.07) is 20.0. The van der Waals surface area contributed by atoms with Gasteiger partial charge in [-0.05, 0) is 84.8 Å². The Bertz CT molecular complexity index is 1210. The summed E-state index contributed by atoms with van der Waals surface area (Å²) in [7, 11) is 1.54. The van der Waals surface area contributed by atoms with E-state index in [1.807, 2.05) is 0 Å². The first kappa shape index (κ1) is 26.9. The van der Waals surface area contributed by atoms with Crippen molar-refractivity contribution >= 4 is 24.0 Å². The predicted molar refractivity (Wildman–Crippen MR) is 139 cm³/mol. The second kappa shape index (κ2) is 14.0. The average Bonchev–Trinajstić information content (AvgIpc) is 2.93. The number of unbranched alkanes of at least 4 members (excludes halogenated alkanes) is 1. The largest absolute Gasteiger partial charge is 0.497 e. The first-order valence-corrected chi connectivity index (χ1v) is 11.8. The number of carbonyl (C=O) groups is 3. The van der Waals surface area contributed by atoms with E-state index in [0.29, 0.717) is 40.5 Å². The van der Waals surface area contributed by atoms with Crippen LogP contribution in [0, 0.1) is 0 Å². The molecule has 2 amide bonds. The minimum Gasteiger partial charge on any atom is -0.497 e. The molecule has 192 valence electrons. The highest BCUT2D eigenvalue weighted by molar-refractivity contribution is 5.96. The molecule has 0 aliphatic carbocycles. The van der Waals surface area contributed by atoms with Crippen molar-refractivity contribution in [3.63, 3.8) is 0 Å². The number of hydrazone groups is 1. The molecular formula is C28H29N3O6. The molecule has 37 heavy (non-hydrogen) atoms. The van der Waals surface area contributed by atoms with Crippen LogP contribution in [0.4, 0.5) is 0 Å². The molecule has 0 bridgehead atoms. The maximum atomic E-state index is 12.4. The van der Waals surface area contributed by atoms with Gasteiger partial charge in [0.1, 0.15) is 17.2 Å². The van der Waals surface area contributed by atoms with Crippen LogP contribution in [0.25, 0.3) is 0 Å². The number of carbonyl (C=O) groups excluding carboxylic acids is 3. The lowest BCUT2D eigenvalue weighted by Crippen LogP contribution is -2.34. The van der Waals surface area contributed by atoms with Gasteiger partial charge in [-0.15, -0.1) is 0 Å². The van der Waals surface area contributed by atoms with Crippen LogP contribution in [0.5, 0.6) is 17.2 Å². The smallest absolute Gasteiger partial charge is 0.343 e. The fourth-order valence-electron chi connectivity index (χ4n) is 3.03. The van der Waals surface area contributed by atoms with Crippen molar-refractivity contribution in [2.45, 2.75) is 19.8 Å². The van der Waals surface area contributed by atoms with Crippen molar-refractivity contribution < 1.29 is 28.6 Å². The molecule has 3 rings (SSSR count). The highest BCUT2D eigenvalue weighted by Gasteiger charge is 2.10. The first-order valence-electron chi connectivity index (χ1n) is 11.8. The van der Waals surface area contributed by atoms with Crippen LogP contribution in [0.15, 0.2) is 77.9 Å². The minimum atomic E-state index is -0.481. The SMILES string of the molecule is CCCCOc1ccc(C(=O)Oc2ccc(C=NNC(=O)CNC(=O)c3ccc(OC)cc3)cc2)cc1. The van der Waals surface area contributed by atoms with Gasteiger partial charge in [-0.25, -0.2) is 10.2 Å². The standard InChI is InChI=1S/C28H29N3O6/c1-3-4-17-36-24-15-9-22(10-16-24)28(34)37-25-11-5-20(6-12-25)18-30-31-26(32)19-29-27(33)21-7-13-23(35-2)14-8-21/h5-16,18H,3-4,17,19H2,1-2H3,(H,29,33)(H,31,32). The third kappa shape index (κ3) is 8.81. The molecule has 0 aromatic heterocycles. The van der Waals surface area contributed by atoms with E-state index >= 15 is 0 Å². The molecule has 0 spiro atoms. The van der Waals surface area contributed by atoms with E-state index in [0.717, 1.165) is 12.8 Å². The topological polar surface area (TPSA) is 115 Å². The van der Waals surface area contributed by atoms with Crippen LogP contribution >= 0.6 is 0 Å². The quantitative estimate of drug-likeness (QED) is 0.127. The van der Waals surface area contributed by atoms with Crippen LogP contribution in [0.1, 0.15) is 46.0 Å². The van der Waals surface area contributed by atoms with E-state index in [-0.39, 0.29) is 12.5 Å². The maximum Gasteiger partial charge on any atom is 0.343 e. The van der Waals surface area contributed by atoms with Gasteiger partial charge in [0.15, 0.2) is 0 Å². The zero-order valence-corrected chi connectivity index (χ0v) is 20.7. The van der Waals surface area contributed by atoms with Gasteiger partial charge < -0.3 is 19.5 Å². The summed E-state index contributed by atoms with van der Waals surface area (Å²) in [6.45, 7) is 2.50. The van der Waals surface area contributed by atoms with Crippen molar-refractivity contribution in [1.82, 2.24) is 10.7 Å². The normalized spacial score (nSPS) is 10.5. The van der Waals surface area contributed by atoms with Crippen LogP contribution in [-0.4, -0.2) is 44.3 Å². The lowest BCUT2D eigenvalue weighted by molar-refractivity contribution is -0.120. The lowest BCUT2D eigenvalue weighted by atomic mass is 10.2. The van der Waals surface area contributed by atoms with E-state index in [1.54, 1.807) is 72.8 Å². The molecule has 0 heterocycles. The monoisotopic (exact) mass is 503 g/mol. The van der Waals surface area contributed by atoms with Gasteiger partial charge in [0.25, 0.3) is 11.8 Å². The second-order valence-corrected chi connectivity index (χ2v) is 7.89. The summed E-state index contributed by atoms with van der Waals surface area (Å²) in [4.78, 5) is 36.4. The molecule has 0 saturated heterocycles. The zero-order chi connectivity index (χ0) is 26.5. The van der Waals surface area contributed by atoms with Gasteiger partial charge >= 0.3 is 5.97 Å². The predicted octanol–water partition coefficient (Wildman–Crippen LogP) is 3.97. The Kier molecular flexibility index (Phi) is 10.2. The molecule has 0 unspecified atom stereocenters. The third-order valence-electron chi connectivity index (χ3n) is 5.11. The average molecular weight is 504 g/mol. The Morgan fingerprint density at radius 1 is 0.838 bits per heavy atom. The zero-order valence-electron chi connectivity index (χ0n) is 20.7. The fraction of sp³-hybridized carbons (Fsp3) is 0.214. The number of nitrogens with one attached hydrogen (secondary N) is 2. The Morgan fingerprint density at radius 2 is 1.46 bits per heavy atom. The summed E-state index contributed by atoms with van der Waals surface area (Å²) in [5.41, 5.74) is 3.84. The Balaban J connectivity index is 1.41. The molecule has 2 N–H and O–H groups in total. The van der Waals surface area contributed by atoms with Crippen molar-refractivity contribution in [3.8, 4) is 17.2 Å². The number of ether oxygens (including phenoxy) is 3. The van der Waals surface area contributed by atoms with Crippen molar-refractivity contribution in [3.05, 3.63) is 89.5 Å². The van der Waals surface area contributed by atoms with Crippen LogP contribution in [-0.2, 0) is 4.79 Å². The number of amides is 2. The summed E-state index contributed by atoms with van der Waals surface area (Å²) < 4.78 is 16.0. The molecule has 3 aromatic carbocycles. The van der Waals surface area contributed by atoms with Gasteiger partial charge in [-0.3, -0.25) is 9.59 Å². The highest BCUT2D eigenvalue weighted by Crippen LogP contribution is 2.17. The Hall–Kier alpha value is -4.66. The summed E-state index contributed by atoms with van der Waals surface area (Å²) >= 11 is 0. The minimum absolute atomic E-state index is 0.233. The Morgan fingerprint density at radius 3 is 2.11 bits per heavy atom. The van der Waals surface area contributed by atoms with Gasteiger partial charge in [0.05, 0.1) is 32.0 Å². The fourth-order valence-corrected chi connectivity index (χ4v) is 3.03. The van der Waals surface area contributed by atoms with Crippen molar-refractivity contribution in [2.75, 3.05) is 20.3 Å². The number of methoxy groups -OCH3 is 1. The number of rotatable bonds is 12. The summed E-state index contributed by atoms with van der Waals surface area (Å²) in [5.74, 6) is 0.364. The lowest BCUT2D eigenvalue weighted by Gasteiger charge is -2.07. The number of hydrogen-bond acceptors (Lipinski definition) is 7. The maximum absolute atomic E-state index is 12.4. The Labute approximate surface area is 215 Å². The molecular weight excluding hydrogens is 474 g/mol. The molecule has 0 saturated carbocycles. The summed E-state index contributed by atoms with van der Waals surface area (Å²) in [5, 5.41) is 6.39. The van der Waals surface area contributed by atoms with Gasteiger partial charge in [-0.1, -0.05) is 13.3 Å². The number of nitrogens with zero attached hydrogens (tertiary/aromatic N) is 1. The second-order valence-electron chi connectivity index (χ2n) is 7.89. The number of esters is 1. The van der Waals surface area contributed by atoms with Crippen LogP contribution in [0.2, 0.25) is 0 Å². The molecule has 0 aliphatic rings. The van der Waals surface area contributed by atoms with Crippen LogP contribution < -0.4 is 25.0 Å². The number of benzene rings is 3. The first-order chi connectivity index (χ1) is 18.0. The van der Waals surface area contributed by atoms with Gasteiger partial charge in [-0.2, -0.15) is 5.10 Å². The molecule has 0 fully saturated rings. The molecule has 0 atom stereocenters. The number of hydrogen-bond donors (Lipinski definition) is 2. The van der Waals surface area contributed by atoms with E-state index in [2.05, 4.69) is 22.8 Å². The molecule has 0 aliphatic heterocycles. The summed E-state index contributed by atoms with van der Waals surface area (Å²) in [6.07, 6.45) is 3.46. The molecule has 9 heteroatoms. The van der Waals surface area contributed by atoms with Crippen molar-refractivity contribution in [1.29, 1.82) is 0 Å². The van der Waals surface area contributed by atoms with Crippen LogP contribution in [0.3, 0.4) is 0 Å². The molecule has 9 nitrogen and oxygen atoms in total. The van der Waals surface area contributed by atoms with Gasteiger partial charge in [0.2, 0.25) is 0 Å². The molecule has 0 radical (unpaired) electrons. The van der Waals surface area contributed by atoms with E-state index < -0.39 is 11.9 Å². The van der Waals surface area contributed by atoms with E-state index in [9.17, 15) is 14.4 Å². The third-order valence-corrected chi connectivity index (χ3v) is 5.11. The molecule has 3 aromatic rings. The van der Waals surface area contributed by atoms with E-state index in [4.69, 9.17) is 14.2 Å².